The molecule has 0 radical (unpaired) electrons. The van der Waals surface area contributed by atoms with E-state index in [4.69, 9.17) is 5.73 Å². The average Bonchev–Trinajstić information content (AvgIpc) is 2.84. The van der Waals surface area contributed by atoms with Gasteiger partial charge in [-0.15, -0.1) is 13.2 Å². The summed E-state index contributed by atoms with van der Waals surface area (Å²) in [6, 6.07) is 18.7. The van der Waals surface area contributed by atoms with Crippen molar-refractivity contribution in [3.63, 3.8) is 0 Å². The Morgan fingerprint density at radius 1 is 1.00 bits per heavy atom. The van der Waals surface area contributed by atoms with Crippen molar-refractivity contribution in [1.29, 1.82) is 0 Å². The van der Waals surface area contributed by atoms with Gasteiger partial charge in [-0.2, -0.15) is 0 Å². The molecule has 8 heteroatoms. The molecule has 1 atom stereocenters. The number of hydrogen-bond acceptors (Lipinski definition) is 3. The predicted molar refractivity (Wildman–Crippen MR) is 139 cm³/mol. The zero-order valence-electron chi connectivity index (χ0n) is 20.1. The molecule has 0 aliphatic carbocycles. The topological polar surface area (TPSA) is 64.4 Å². The minimum absolute atomic E-state index is 0.182. The molecule has 1 amide bonds. The van der Waals surface area contributed by atoms with Gasteiger partial charge >= 0.3 is 6.36 Å². The third kappa shape index (κ3) is 8.68. The Morgan fingerprint density at radius 3 is 2.28 bits per heavy atom. The highest BCUT2D eigenvalue weighted by atomic mass is 79.9. The second kappa shape index (κ2) is 12.9. The fourth-order valence-corrected chi connectivity index (χ4v) is 4.35. The van der Waals surface area contributed by atoms with Gasteiger partial charge in [0.1, 0.15) is 5.75 Å². The average molecular weight is 563 g/mol. The first kappa shape index (κ1) is 27.7. The van der Waals surface area contributed by atoms with E-state index in [9.17, 15) is 18.0 Å². The highest BCUT2D eigenvalue weighted by molar-refractivity contribution is 9.10. The number of nitrogens with two attached hydrogens (primary N) is 1. The minimum Gasteiger partial charge on any atom is -0.406 e. The normalized spacial score (nSPS) is 12.3. The summed E-state index contributed by atoms with van der Waals surface area (Å²) in [6.45, 7) is 2.63. The van der Waals surface area contributed by atoms with E-state index in [1.807, 2.05) is 18.2 Å². The van der Waals surface area contributed by atoms with Crippen molar-refractivity contribution in [2.45, 2.75) is 58.0 Å². The summed E-state index contributed by atoms with van der Waals surface area (Å²) < 4.78 is 41.6. The van der Waals surface area contributed by atoms with Gasteiger partial charge in [-0.1, -0.05) is 78.2 Å². The lowest BCUT2D eigenvalue weighted by Gasteiger charge is -2.15. The summed E-state index contributed by atoms with van der Waals surface area (Å²) in [4.78, 5) is 12.6. The molecule has 0 aliphatic heterocycles. The van der Waals surface area contributed by atoms with E-state index in [-0.39, 0.29) is 11.7 Å². The Bertz CT molecular complexity index is 1130. The first-order valence-corrected chi connectivity index (χ1v) is 12.7. The lowest BCUT2D eigenvalue weighted by Crippen LogP contribution is -2.23. The lowest BCUT2D eigenvalue weighted by molar-refractivity contribution is -0.274. The molecule has 1 unspecified atom stereocenters. The molecule has 192 valence electrons. The Hall–Kier alpha value is -2.84. The molecule has 0 fully saturated rings. The Kier molecular flexibility index (Phi) is 9.96. The van der Waals surface area contributed by atoms with Gasteiger partial charge in [-0.25, -0.2) is 0 Å². The fraction of sp³-hybridized carbons (Fsp3) is 0.321. The molecule has 0 heterocycles. The van der Waals surface area contributed by atoms with Crippen LogP contribution in [0.1, 0.15) is 64.8 Å². The maximum atomic E-state index is 12.6. The number of carbonyl (C=O) groups is 1. The van der Waals surface area contributed by atoms with Crippen molar-refractivity contribution >= 4 is 21.8 Å². The number of benzene rings is 3. The molecule has 3 rings (SSSR count). The molecule has 36 heavy (non-hydrogen) atoms. The molecule has 0 saturated carbocycles. The van der Waals surface area contributed by atoms with Gasteiger partial charge in [0.25, 0.3) is 5.91 Å². The van der Waals surface area contributed by atoms with Crippen LogP contribution in [0.2, 0.25) is 0 Å². The van der Waals surface area contributed by atoms with Crippen LogP contribution < -0.4 is 15.8 Å². The molecule has 3 aromatic carbocycles. The van der Waals surface area contributed by atoms with E-state index in [1.165, 1.54) is 49.1 Å². The molecule has 0 bridgehead atoms. The van der Waals surface area contributed by atoms with Crippen LogP contribution in [0.5, 0.6) is 5.75 Å². The van der Waals surface area contributed by atoms with Gasteiger partial charge in [0.05, 0.1) is 0 Å². The van der Waals surface area contributed by atoms with Crippen LogP contribution in [-0.4, -0.2) is 12.3 Å². The third-order valence-corrected chi connectivity index (χ3v) is 6.58. The van der Waals surface area contributed by atoms with Gasteiger partial charge in [0, 0.05) is 22.6 Å². The van der Waals surface area contributed by atoms with E-state index in [0.29, 0.717) is 24.1 Å². The van der Waals surface area contributed by atoms with Crippen molar-refractivity contribution < 1.29 is 22.7 Å². The highest BCUT2D eigenvalue weighted by Gasteiger charge is 2.31. The zero-order valence-corrected chi connectivity index (χ0v) is 21.7. The standard InChI is InChI=1S/C28H30BrF3N2O2/c1-2-3-4-5-19-6-8-20(9-7-19)18-34-27(35)23-11-10-22(25(29)16-23)17-26(33)21-12-14-24(15-13-21)36-28(30,31)32/h6-16,26H,2-5,17-18,33H2,1H3,(H,34,35). The highest BCUT2D eigenvalue weighted by Crippen LogP contribution is 2.27. The van der Waals surface area contributed by atoms with Gasteiger partial charge in [0.15, 0.2) is 0 Å². The Morgan fingerprint density at radius 2 is 1.67 bits per heavy atom. The number of amides is 1. The number of hydrogen-bond donors (Lipinski definition) is 2. The summed E-state index contributed by atoms with van der Waals surface area (Å²) in [5.74, 6) is -0.475. The number of unbranched alkanes of at least 4 members (excludes halogenated alkanes) is 2. The molecule has 0 saturated heterocycles. The summed E-state index contributed by atoms with van der Waals surface area (Å²) in [7, 11) is 0. The van der Waals surface area contributed by atoms with Crippen molar-refractivity contribution in [2.75, 3.05) is 0 Å². The molecule has 3 N–H and O–H groups in total. The lowest BCUT2D eigenvalue weighted by atomic mass is 9.98. The maximum Gasteiger partial charge on any atom is 0.573 e. The predicted octanol–water partition coefficient (Wildman–Crippen LogP) is 7.25. The van der Waals surface area contributed by atoms with Crippen LogP contribution >= 0.6 is 15.9 Å². The number of aryl methyl sites for hydroxylation is 1. The zero-order chi connectivity index (χ0) is 26.1. The van der Waals surface area contributed by atoms with Gasteiger partial charge in [0.2, 0.25) is 0 Å². The first-order chi connectivity index (χ1) is 17.1. The van der Waals surface area contributed by atoms with Gasteiger partial charge in [-0.3, -0.25) is 4.79 Å². The first-order valence-electron chi connectivity index (χ1n) is 11.9. The van der Waals surface area contributed by atoms with Crippen LogP contribution in [-0.2, 0) is 19.4 Å². The van der Waals surface area contributed by atoms with Crippen molar-refractivity contribution in [3.05, 3.63) is 99.0 Å². The summed E-state index contributed by atoms with van der Waals surface area (Å²) in [5.41, 5.74) is 10.7. The summed E-state index contributed by atoms with van der Waals surface area (Å²) in [6.07, 6.45) is 0.388. The van der Waals surface area contributed by atoms with Crippen molar-refractivity contribution in [2.24, 2.45) is 5.73 Å². The molecule has 0 aliphatic rings. The Labute approximate surface area is 218 Å². The quantitative estimate of drug-likeness (QED) is 0.242. The third-order valence-electron chi connectivity index (χ3n) is 5.84. The number of ether oxygens (including phenoxy) is 1. The van der Waals surface area contributed by atoms with Crippen LogP contribution in [0.3, 0.4) is 0 Å². The molecule has 0 aromatic heterocycles. The molecule has 4 nitrogen and oxygen atoms in total. The smallest absolute Gasteiger partial charge is 0.406 e. The number of halogens is 4. The molecule has 3 aromatic rings. The number of nitrogens with one attached hydrogen (secondary N) is 1. The van der Waals surface area contributed by atoms with E-state index in [2.05, 4.69) is 45.0 Å². The van der Waals surface area contributed by atoms with Crippen LogP contribution in [0.4, 0.5) is 13.2 Å². The molecular weight excluding hydrogens is 533 g/mol. The Balaban J connectivity index is 1.54. The largest absolute Gasteiger partial charge is 0.573 e. The number of carbonyl (C=O) groups excluding carboxylic acids is 1. The minimum atomic E-state index is -4.74. The number of rotatable bonds is 11. The SMILES string of the molecule is CCCCCc1ccc(CNC(=O)c2ccc(CC(N)c3ccc(OC(F)(F)F)cc3)c(Br)c2)cc1. The van der Waals surface area contributed by atoms with E-state index in [1.54, 1.807) is 12.1 Å². The summed E-state index contributed by atoms with van der Waals surface area (Å²) in [5, 5.41) is 2.95. The molecular formula is C28H30BrF3N2O2. The molecule has 0 spiro atoms. The van der Waals surface area contributed by atoms with Gasteiger partial charge < -0.3 is 15.8 Å². The maximum absolute atomic E-state index is 12.6. The van der Waals surface area contributed by atoms with Crippen LogP contribution in [0.25, 0.3) is 0 Å². The fourth-order valence-electron chi connectivity index (χ4n) is 3.81. The second-order valence-corrected chi connectivity index (χ2v) is 9.54. The van der Waals surface area contributed by atoms with E-state index < -0.39 is 12.4 Å². The van der Waals surface area contributed by atoms with Gasteiger partial charge in [-0.05, 0) is 65.8 Å². The van der Waals surface area contributed by atoms with Crippen LogP contribution in [0, 0.1) is 0 Å². The van der Waals surface area contributed by atoms with E-state index in [0.717, 1.165) is 22.0 Å². The van der Waals surface area contributed by atoms with E-state index >= 15 is 0 Å². The monoisotopic (exact) mass is 562 g/mol. The number of alkyl halides is 3. The van der Waals surface area contributed by atoms with Crippen molar-refractivity contribution in [1.82, 2.24) is 5.32 Å². The summed E-state index contributed by atoms with van der Waals surface area (Å²) >= 11 is 3.51. The second-order valence-electron chi connectivity index (χ2n) is 8.69. The van der Waals surface area contributed by atoms with Crippen LogP contribution in [0.15, 0.2) is 71.2 Å². The van der Waals surface area contributed by atoms with Crippen molar-refractivity contribution in [3.8, 4) is 5.75 Å².